The number of hydrogen-bond donors (Lipinski definition) is 0. The van der Waals surface area contributed by atoms with Crippen molar-refractivity contribution in [3.8, 4) is 5.75 Å². The summed E-state index contributed by atoms with van der Waals surface area (Å²) in [6, 6.07) is 15.0. The second-order valence-electron chi connectivity index (χ2n) is 6.22. The fraction of sp³-hybridized carbons (Fsp3) is 0.400. The SMILES string of the molecule is Fc1cccc(C(CBr)Oc2ccc(C3CCCCC3)cc2)c1. The molecule has 3 heteroatoms. The summed E-state index contributed by atoms with van der Waals surface area (Å²) in [5.41, 5.74) is 2.26. The summed E-state index contributed by atoms with van der Waals surface area (Å²) in [6.45, 7) is 0. The van der Waals surface area contributed by atoms with Crippen LogP contribution in [-0.2, 0) is 0 Å². The molecule has 0 N–H and O–H groups in total. The summed E-state index contributed by atoms with van der Waals surface area (Å²) in [4.78, 5) is 0. The highest BCUT2D eigenvalue weighted by Gasteiger charge is 2.16. The Kier molecular flexibility index (Phi) is 5.71. The van der Waals surface area contributed by atoms with Gasteiger partial charge >= 0.3 is 0 Å². The second-order valence-corrected chi connectivity index (χ2v) is 6.87. The monoisotopic (exact) mass is 376 g/mol. The van der Waals surface area contributed by atoms with Crippen molar-refractivity contribution in [2.45, 2.75) is 44.1 Å². The molecule has 1 unspecified atom stereocenters. The van der Waals surface area contributed by atoms with Crippen LogP contribution in [0.15, 0.2) is 48.5 Å². The minimum Gasteiger partial charge on any atom is -0.485 e. The number of alkyl halides is 1. The quantitative estimate of drug-likeness (QED) is 0.549. The third-order valence-electron chi connectivity index (χ3n) is 4.60. The van der Waals surface area contributed by atoms with E-state index in [0.29, 0.717) is 11.2 Å². The van der Waals surface area contributed by atoms with Gasteiger partial charge in [0.05, 0.1) is 0 Å². The molecule has 2 aromatic rings. The van der Waals surface area contributed by atoms with Crippen molar-refractivity contribution in [2.75, 3.05) is 5.33 Å². The van der Waals surface area contributed by atoms with E-state index in [1.165, 1.54) is 49.8 Å². The van der Waals surface area contributed by atoms with E-state index >= 15 is 0 Å². The molecular weight excluding hydrogens is 355 g/mol. The molecule has 23 heavy (non-hydrogen) atoms. The number of hydrogen-bond acceptors (Lipinski definition) is 1. The van der Waals surface area contributed by atoms with Crippen LogP contribution in [0.5, 0.6) is 5.75 Å². The van der Waals surface area contributed by atoms with E-state index in [2.05, 4.69) is 28.1 Å². The number of ether oxygens (including phenoxy) is 1. The van der Waals surface area contributed by atoms with E-state index in [4.69, 9.17) is 4.74 Å². The Bertz CT molecular complexity index is 620. The van der Waals surface area contributed by atoms with Gasteiger partial charge in [-0.25, -0.2) is 4.39 Å². The lowest BCUT2D eigenvalue weighted by atomic mass is 9.84. The largest absolute Gasteiger partial charge is 0.485 e. The predicted octanol–water partition coefficient (Wildman–Crippen LogP) is 6.39. The zero-order chi connectivity index (χ0) is 16.1. The molecule has 0 saturated heterocycles. The highest BCUT2D eigenvalue weighted by atomic mass is 79.9. The van der Waals surface area contributed by atoms with Crippen LogP contribution < -0.4 is 4.74 Å². The summed E-state index contributed by atoms with van der Waals surface area (Å²) in [5, 5.41) is 0.626. The van der Waals surface area contributed by atoms with Crippen LogP contribution in [0.3, 0.4) is 0 Å². The Morgan fingerprint density at radius 3 is 2.43 bits per heavy atom. The van der Waals surface area contributed by atoms with Gasteiger partial charge in [0.1, 0.15) is 17.7 Å². The summed E-state index contributed by atoms with van der Waals surface area (Å²) in [7, 11) is 0. The first kappa shape index (κ1) is 16.5. The van der Waals surface area contributed by atoms with Gasteiger partial charge in [-0.3, -0.25) is 0 Å². The molecule has 0 heterocycles. The molecule has 1 saturated carbocycles. The van der Waals surface area contributed by atoms with Crippen molar-refractivity contribution in [1.29, 1.82) is 0 Å². The lowest BCUT2D eigenvalue weighted by Crippen LogP contribution is -2.09. The predicted molar refractivity (Wildman–Crippen MR) is 95.8 cm³/mol. The van der Waals surface area contributed by atoms with Crippen LogP contribution in [-0.4, -0.2) is 5.33 Å². The van der Waals surface area contributed by atoms with Crippen LogP contribution in [0.1, 0.15) is 55.3 Å². The molecule has 1 atom stereocenters. The standard InChI is InChI=1S/C20H22BrFO/c21-14-20(17-7-4-8-18(22)13-17)23-19-11-9-16(10-12-19)15-5-2-1-3-6-15/h4,7-13,15,20H,1-3,5-6,14H2. The van der Waals surface area contributed by atoms with Gasteiger partial charge < -0.3 is 4.74 Å². The zero-order valence-electron chi connectivity index (χ0n) is 13.2. The maximum absolute atomic E-state index is 13.4. The van der Waals surface area contributed by atoms with Crippen LogP contribution in [0.25, 0.3) is 0 Å². The highest BCUT2D eigenvalue weighted by molar-refractivity contribution is 9.09. The minimum atomic E-state index is -0.232. The molecule has 0 aromatic heterocycles. The molecule has 0 aliphatic heterocycles. The first-order valence-electron chi connectivity index (χ1n) is 8.34. The van der Waals surface area contributed by atoms with E-state index < -0.39 is 0 Å². The van der Waals surface area contributed by atoms with E-state index in [0.717, 1.165) is 11.3 Å². The van der Waals surface area contributed by atoms with Crippen molar-refractivity contribution >= 4 is 15.9 Å². The summed E-state index contributed by atoms with van der Waals surface area (Å²) < 4.78 is 19.4. The molecule has 122 valence electrons. The van der Waals surface area contributed by atoms with Crippen molar-refractivity contribution < 1.29 is 9.13 Å². The average molecular weight is 377 g/mol. The Labute approximate surface area is 146 Å². The van der Waals surface area contributed by atoms with Crippen LogP contribution in [0.2, 0.25) is 0 Å². The van der Waals surface area contributed by atoms with Crippen molar-refractivity contribution in [1.82, 2.24) is 0 Å². The normalized spacial score (nSPS) is 17.0. The number of benzene rings is 2. The van der Waals surface area contributed by atoms with E-state index in [-0.39, 0.29) is 11.9 Å². The molecule has 1 aliphatic rings. The molecule has 0 amide bonds. The molecule has 2 aromatic carbocycles. The molecule has 1 fully saturated rings. The Balaban J connectivity index is 1.69. The van der Waals surface area contributed by atoms with Gasteiger partial charge in [-0.15, -0.1) is 0 Å². The average Bonchev–Trinajstić information content (AvgIpc) is 2.61. The van der Waals surface area contributed by atoms with Gasteiger partial charge in [-0.05, 0) is 54.2 Å². The summed E-state index contributed by atoms with van der Waals surface area (Å²) in [5.74, 6) is 1.30. The summed E-state index contributed by atoms with van der Waals surface area (Å²) >= 11 is 3.46. The van der Waals surface area contributed by atoms with Gasteiger partial charge in [0, 0.05) is 5.33 Å². The molecule has 1 aliphatic carbocycles. The van der Waals surface area contributed by atoms with Gasteiger partial charge in [0.15, 0.2) is 0 Å². The van der Waals surface area contributed by atoms with E-state index in [1.54, 1.807) is 6.07 Å². The Hall–Kier alpha value is -1.35. The van der Waals surface area contributed by atoms with Gasteiger partial charge in [0.25, 0.3) is 0 Å². The topological polar surface area (TPSA) is 9.23 Å². The molecule has 1 nitrogen and oxygen atoms in total. The van der Waals surface area contributed by atoms with Gasteiger partial charge in [-0.2, -0.15) is 0 Å². The molecule has 3 rings (SSSR count). The molecule has 0 radical (unpaired) electrons. The Morgan fingerprint density at radius 2 is 1.78 bits per heavy atom. The third-order valence-corrected chi connectivity index (χ3v) is 5.18. The lowest BCUT2D eigenvalue weighted by Gasteiger charge is -2.22. The van der Waals surface area contributed by atoms with Gasteiger partial charge in [-0.1, -0.05) is 59.5 Å². The third kappa shape index (κ3) is 4.35. The maximum atomic E-state index is 13.4. The van der Waals surface area contributed by atoms with Crippen molar-refractivity contribution in [3.63, 3.8) is 0 Å². The molecule has 0 bridgehead atoms. The highest BCUT2D eigenvalue weighted by Crippen LogP contribution is 2.34. The van der Waals surface area contributed by atoms with Crippen molar-refractivity contribution in [3.05, 3.63) is 65.5 Å². The maximum Gasteiger partial charge on any atom is 0.133 e. The van der Waals surface area contributed by atoms with E-state index in [9.17, 15) is 4.39 Å². The fourth-order valence-corrected chi connectivity index (χ4v) is 3.82. The first-order valence-corrected chi connectivity index (χ1v) is 9.46. The number of halogens is 2. The fourth-order valence-electron chi connectivity index (χ4n) is 3.31. The number of rotatable bonds is 5. The second kappa shape index (κ2) is 7.96. The van der Waals surface area contributed by atoms with E-state index in [1.807, 2.05) is 18.2 Å². The zero-order valence-corrected chi connectivity index (χ0v) is 14.8. The van der Waals surface area contributed by atoms with Crippen LogP contribution >= 0.6 is 15.9 Å². The van der Waals surface area contributed by atoms with Crippen LogP contribution in [0.4, 0.5) is 4.39 Å². The first-order chi connectivity index (χ1) is 11.3. The van der Waals surface area contributed by atoms with Crippen LogP contribution in [0, 0.1) is 5.82 Å². The lowest BCUT2D eigenvalue weighted by molar-refractivity contribution is 0.232. The smallest absolute Gasteiger partial charge is 0.133 e. The van der Waals surface area contributed by atoms with Crippen molar-refractivity contribution in [2.24, 2.45) is 0 Å². The Morgan fingerprint density at radius 1 is 1.04 bits per heavy atom. The molecular formula is C20H22BrFO. The molecule has 0 spiro atoms. The summed E-state index contributed by atoms with van der Waals surface area (Å²) in [6.07, 6.45) is 6.47. The minimum absolute atomic E-state index is 0.189. The van der Waals surface area contributed by atoms with Gasteiger partial charge in [0.2, 0.25) is 0 Å².